The predicted molar refractivity (Wildman–Crippen MR) is 76.7 cm³/mol. The second-order valence-electron chi connectivity index (χ2n) is 4.05. The first-order valence-electron chi connectivity index (χ1n) is 5.36. The molecule has 0 aliphatic rings. The number of carboxylic acids is 1. The highest BCUT2D eigenvalue weighted by Crippen LogP contribution is 2.26. The van der Waals surface area contributed by atoms with Crippen molar-refractivity contribution in [2.45, 2.75) is 26.3 Å². The molecule has 0 fully saturated rings. The van der Waals surface area contributed by atoms with E-state index in [0.717, 1.165) is 5.01 Å². The lowest BCUT2D eigenvalue weighted by molar-refractivity contribution is 0.0701. The molecule has 19 heavy (non-hydrogen) atoms. The van der Waals surface area contributed by atoms with Gasteiger partial charge in [-0.15, -0.1) is 23.7 Å². The van der Waals surface area contributed by atoms with Gasteiger partial charge < -0.3 is 5.11 Å². The van der Waals surface area contributed by atoms with Crippen LogP contribution in [0.25, 0.3) is 0 Å². The van der Waals surface area contributed by atoms with Crippen molar-refractivity contribution in [2.75, 3.05) is 0 Å². The molecule has 1 N–H and O–H groups in total. The van der Waals surface area contributed by atoms with Gasteiger partial charge in [0.05, 0.1) is 21.9 Å². The molecule has 1 atom stereocenters. The van der Waals surface area contributed by atoms with Crippen molar-refractivity contribution in [3.05, 3.63) is 33.0 Å². The number of hydrogen-bond acceptors (Lipinski definition) is 4. The lowest BCUT2D eigenvalue weighted by Gasteiger charge is -2.07. The van der Waals surface area contributed by atoms with Gasteiger partial charge >= 0.3 is 5.97 Å². The Morgan fingerprint density at radius 1 is 1.63 bits per heavy atom. The second kappa shape index (κ2) is 6.36. The van der Waals surface area contributed by atoms with E-state index in [1.165, 1.54) is 11.3 Å². The Morgan fingerprint density at radius 2 is 2.32 bits per heavy atom. The molecule has 104 valence electrons. The van der Waals surface area contributed by atoms with Gasteiger partial charge in [0.2, 0.25) is 0 Å². The summed E-state index contributed by atoms with van der Waals surface area (Å²) in [5, 5.41) is 14.5. The molecule has 2 heterocycles. The zero-order chi connectivity index (χ0) is 13.3. The number of carbonyl (C=O) groups is 1. The van der Waals surface area contributed by atoms with Crippen LogP contribution in [-0.2, 0) is 6.54 Å². The first kappa shape index (κ1) is 15.9. The van der Waals surface area contributed by atoms with E-state index in [9.17, 15) is 4.79 Å². The third kappa shape index (κ3) is 3.68. The molecule has 0 aromatic carbocycles. The molecule has 0 aliphatic heterocycles. The minimum absolute atomic E-state index is 0. The summed E-state index contributed by atoms with van der Waals surface area (Å²) in [5.41, 5.74) is 0.563. The van der Waals surface area contributed by atoms with E-state index in [2.05, 4.69) is 10.1 Å². The van der Waals surface area contributed by atoms with Crippen molar-refractivity contribution in [3.8, 4) is 0 Å². The number of hydrogen-bond donors (Lipinski definition) is 1. The maximum Gasteiger partial charge on any atom is 0.347 e. The summed E-state index contributed by atoms with van der Waals surface area (Å²) in [5.74, 6) is -0.830. The molecular formula is C11H13Cl2N3O2S. The van der Waals surface area contributed by atoms with E-state index in [0.29, 0.717) is 22.1 Å². The summed E-state index contributed by atoms with van der Waals surface area (Å²) in [6.07, 6.45) is 3.31. The molecule has 5 nitrogen and oxygen atoms in total. The van der Waals surface area contributed by atoms with Crippen molar-refractivity contribution in [1.82, 2.24) is 14.8 Å². The molecule has 0 bridgehead atoms. The van der Waals surface area contributed by atoms with Crippen molar-refractivity contribution in [1.29, 1.82) is 0 Å². The highest BCUT2D eigenvalue weighted by atomic mass is 35.5. The maximum atomic E-state index is 11.0. The molecule has 8 heteroatoms. The third-order valence-corrected chi connectivity index (χ3v) is 4.06. The van der Waals surface area contributed by atoms with Crippen LogP contribution >= 0.6 is 35.3 Å². The van der Waals surface area contributed by atoms with Gasteiger partial charge in [0.1, 0.15) is 4.88 Å². The van der Waals surface area contributed by atoms with Crippen LogP contribution in [0.1, 0.15) is 33.2 Å². The lowest BCUT2D eigenvalue weighted by atomic mass is 10.2. The number of aryl methyl sites for hydroxylation is 1. The van der Waals surface area contributed by atoms with Crippen LogP contribution in [0.5, 0.6) is 0 Å². The van der Waals surface area contributed by atoms with Crippen LogP contribution in [0.2, 0.25) is 5.02 Å². The molecule has 0 radical (unpaired) electrons. The van der Waals surface area contributed by atoms with E-state index in [1.54, 1.807) is 24.0 Å². The third-order valence-electron chi connectivity index (χ3n) is 2.49. The van der Waals surface area contributed by atoms with Gasteiger partial charge in [-0.1, -0.05) is 18.5 Å². The Labute approximate surface area is 125 Å². The molecule has 0 amide bonds. The standard InChI is InChI=1S/C11H12ClN3O2S.ClH/c1-6(4-15-5-8(12)3-13-15)10-14-7(2)9(18-10)11(16)17;/h3,5-6H,4H2,1-2H3,(H,16,17);1H. The number of thiazole rings is 1. The van der Waals surface area contributed by atoms with Crippen molar-refractivity contribution in [2.24, 2.45) is 0 Å². The molecular weight excluding hydrogens is 309 g/mol. The largest absolute Gasteiger partial charge is 0.477 e. The molecule has 2 aromatic rings. The van der Waals surface area contributed by atoms with E-state index < -0.39 is 5.97 Å². The Hall–Kier alpha value is -1.11. The minimum Gasteiger partial charge on any atom is -0.477 e. The van der Waals surface area contributed by atoms with Crippen LogP contribution in [0.4, 0.5) is 0 Å². The van der Waals surface area contributed by atoms with Crippen LogP contribution in [-0.4, -0.2) is 25.8 Å². The lowest BCUT2D eigenvalue weighted by Crippen LogP contribution is -2.06. The Morgan fingerprint density at radius 3 is 2.79 bits per heavy atom. The fourth-order valence-corrected chi connectivity index (χ4v) is 2.73. The number of aromatic nitrogens is 3. The van der Waals surface area contributed by atoms with Gasteiger partial charge in [0.25, 0.3) is 0 Å². The van der Waals surface area contributed by atoms with E-state index in [4.69, 9.17) is 16.7 Å². The van der Waals surface area contributed by atoms with Crippen LogP contribution in [0.3, 0.4) is 0 Å². The summed E-state index contributed by atoms with van der Waals surface area (Å²) in [7, 11) is 0. The van der Waals surface area contributed by atoms with E-state index in [1.807, 2.05) is 6.92 Å². The molecule has 0 spiro atoms. The Bertz CT molecular complexity index is 582. The van der Waals surface area contributed by atoms with E-state index in [-0.39, 0.29) is 18.3 Å². The highest BCUT2D eigenvalue weighted by molar-refractivity contribution is 7.13. The number of halogens is 2. The average Bonchev–Trinajstić information content (AvgIpc) is 2.85. The van der Waals surface area contributed by atoms with Gasteiger partial charge in [0.15, 0.2) is 0 Å². The molecule has 0 saturated heterocycles. The fraction of sp³-hybridized carbons (Fsp3) is 0.364. The Balaban J connectivity index is 0.00000180. The van der Waals surface area contributed by atoms with Gasteiger partial charge in [-0.05, 0) is 6.92 Å². The minimum atomic E-state index is -0.925. The normalized spacial score (nSPS) is 11.9. The van der Waals surface area contributed by atoms with Gasteiger partial charge in [-0.3, -0.25) is 4.68 Å². The first-order chi connectivity index (χ1) is 8.47. The summed E-state index contributed by atoms with van der Waals surface area (Å²) < 4.78 is 1.73. The maximum absolute atomic E-state index is 11.0. The van der Waals surface area contributed by atoms with E-state index >= 15 is 0 Å². The van der Waals surface area contributed by atoms with Crippen molar-refractivity contribution < 1.29 is 9.90 Å². The zero-order valence-corrected chi connectivity index (χ0v) is 12.7. The molecule has 2 rings (SSSR count). The van der Waals surface area contributed by atoms with Gasteiger partial charge in [-0.2, -0.15) is 5.10 Å². The molecule has 0 aliphatic carbocycles. The SMILES string of the molecule is Cc1nc(C(C)Cn2cc(Cl)cn2)sc1C(=O)O.Cl. The number of aromatic carboxylic acids is 1. The summed E-state index contributed by atoms with van der Waals surface area (Å²) >= 11 is 7.00. The van der Waals surface area contributed by atoms with Crippen molar-refractivity contribution in [3.63, 3.8) is 0 Å². The van der Waals surface area contributed by atoms with Gasteiger partial charge in [-0.25, -0.2) is 9.78 Å². The quantitative estimate of drug-likeness (QED) is 0.938. The summed E-state index contributed by atoms with van der Waals surface area (Å²) in [4.78, 5) is 15.6. The van der Waals surface area contributed by atoms with Crippen LogP contribution < -0.4 is 0 Å². The van der Waals surface area contributed by atoms with Crippen LogP contribution in [0.15, 0.2) is 12.4 Å². The zero-order valence-electron chi connectivity index (χ0n) is 10.3. The highest BCUT2D eigenvalue weighted by Gasteiger charge is 2.18. The number of rotatable bonds is 4. The predicted octanol–water partition coefficient (Wildman–Crippen LogP) is 3.23. The fourth-order valence-electron chi connectivity index (χ4n) is 1.62. The average molecular weight is 322 g/mol. The number of nitrogens with zero attached hydrogens (tertiary/aromatic N) is 3. The second-order valence-corrected chi connectivity index (χ2v) is 5.52. The smallest absolute Gasteiger partial charge is 0.347 e. The molecule has 1 unspecified atom stereocenters. The van der Waals surface area contributed by atoms with Crippen LogP contribution in [0, 0.1) is 6.92 Å². The topological polar surface area (TPSA) is 68.0 Å². The first-order valence-corrected chi connectivity index (χ1v) is 6.55. The summed E-state index contributed by atoms with van der Waals surface area (Å²) in [6.45, 7) is 4.32. The van der Waals surface area contributed by atoms with Gasteiger partial charge in [0, 0.05) is 18.7 Å². The van der Waals surface area contributed by atoms with Crippen molar-refractivity contribution >= 4 is 41.3 Å². The molecule has 2 aromatic heterocycles. The molecule has 0 saturated carbocycles. The summed E-state index contributed by atoms with van der Waals surface area (Å²) in [6, 6.07) is 0. The Kier molecular flexibility index (Phi) is 5.34. The monoisotopic (exact) mass is 321 g/mol. The number of carboxylic acid groups (broad SMARTS) is 1.